The van der Waals surface area contributed by atoms with Gasteiger partial charge in [0.25, 0.3) is 0 Å². The van der Waals surface area contributed by atoms with Crippen LogP contribution in [0.15, 0.2) is 30.3 Å². The Labute approximate surface area is 92.0 Å². The van der Waals surface area contributed by atoms with Crippen molar-refractivity contribution >= 4 is 0 Å². The summed E-state index contributed by atoms with van der Waals surface area (Å²) in [5, 5.41) is 18.4. The lowest BCUT2D eigenvalue weighted by molar-refractivity contribution is 0.415. The van der Waals surface area contributed by atoms with Crippen molar-refractivity contribution in [1.29, 1.82) is 0 Å². The Kier molecular flexibility index (Phi) is 2.59. The van der Waals surface area contributed by atoms with Crippen molar-refractivity contribution in [3.63, 3.8) is 0 Å². The summed E-state index contributed by atoms with van der Waals surface area (Å²) in [6.45, 7) is 0. The van der Waals surface area contributed by atoms with Gasteiger partial charge in [0.2, 0.25) is 11.8 Å². The van der Waals surface area contributed by atoms with Crippen LogP contribution in [0.25, 0.3) is 11.4 Å². The molecule has 2 aromatic rings. The van der Waals surface area contributed by atoms with Crippen LogP contribution < -0.4 is 4.74 Å². The maximum absolute atomic E-state index is 9.22. The maximum atomic E-state index is 9.22. The van der Waals surface area contributed by atoms with Crippen LogP contribution in [0.5, 0.6) is 17.5 Å². The number of hydrogen-bond donors (Lipinski definition) is 2. The Morgan fingerprint density at radius 3 is 2.06 bits per heavy atom. The SMILES string of the molecule is COc1ccc(-c2nc(O)cc(O)n2)cc1. The van der Waals surface area contributed by atoms with Crippen molar-refractivity contribution in [3.05, 3.63) is 30.3 Å². The van der Waals surface area contributed by atoms with Gasteiger partial charge >= 0.3 is 0 Å². The van der Waals surface area contributed by atoms with Crippen molar-refractivity contribution in [2.24, 2.45) is 0 Å². The van der Waals surface area contributed by atoms with Gasteiger partial charge in [0.15, 0.2) is 5.82 Å². The Bertz CT molecular complexity index is 477. The predicted octanol–water partition coefficient (Wildman–Crippen LogP) is 1.56. The molecule has 2 N–H and O–H groups in total. The summed E-state index contributed by atoms with van der Waals surface area (Å²) < 4.78 is 5.01. The summed E-state index contributed by atoms with van der Waals surface area (Å²) in [6.07, 6.45) is 0. The first-order chi connectivity index (χ1) is 7.69. The minimum atomic E-state index is -0.265. The van der Waals surface area contributed by atoms with Crippen LogP contribution in [-0.4, -0.2) is 27.3 Å². The number of aromatic nitrogens is 2. The Hall–Kier alpha value is -2.30. The summed E-state index contributed by atoms with van der Waals surface area (Å²) in [6, 6.07) is 8.06. The summed E-state index contributed by atoms with van der Waals surface area (Å²) >= 11 is 0. The zero-order valence-electron chi connectivity index (χ0n) is 8.58. The van der Waals surface area contributed by atoms with E-state index in [9.17, 15) is 10.2 Å². The van der Waals surface area contributed by atoms with Gasteiger partial charge in [-0.15, -0.1) is 0 Å². The molecule has 0 spiro atoms. The van der Waals surface area contributed by atoms with E-state index in [1.165, 1.54) is 0 Å². The number of ether oxygens (including phenoxy) is 1. The minimum absolute atomic E-state index is 0.264. The van der Waals surface area contributed by atoms with Crippen LogP contribution in [0, 0.1) is 0 Å². The molecule has 0 saturated carbocycles. The normalized spacial score (nSPS) is 10.1. The van der Waals surface area contributed by atoms with E-state index < -0.39 is 0 Å². The molecule has 5 heteroatoms. The van der Waals surface area contributed by atoms with E-state index in [2.05, 4.69) is 9.97 Å². The van der Waals surface area contributed by atoms with Crippen molar-refractivity contribution < 1.29 is 14.9 Å². The molecule has 5 nitrogen and oxygen atoms in total. The van der Waals surface area contributed by atoms with Crippen molar-refractivity contribution in [2.75, 3.05) is 7.11 Å². The van der Waals surface area contributed by atoms with Crippen LogP contribution >= 0.6 is 0 Å². The molecule has 0 aliphatic heterocycles. The van der Waals surface area contributed by atoms with E-state index in [1.54, 1.807) is 31.4 Å². The van der Waals surface area contributed by atoms with Gasteiger partial charge in [-0.05, 0) is 24.3 Å². The van der Waals surface area contributed by atoms with Crippen LogP contribution in [0.2, 0.25) is 0 Å². The van der Waals surface area contributed by atoms with Crippen LogP contribution in [0.4, 0.5) is 0 Å². The number of nitrogens with zero attached hydrogens (tertiary/aromatic N) is 2. The van der Waals surface area contributed by atoms with E-state index in [1.807, 2.05) is 0 Å². The maximum Gasteiger partial charge on any atom is 0.218 e. The molecule has 0 aliphatic carbocycles. The van der Waals surface area contributed by atoms with Gasteiger partial charge in [0, 0.05) is 5.56 Å². The van der Waals surface area contributed by atoms with Crippen LogP contribution in [0.1, 0.15) is 0 Å². The molecule has 0 unspecified atom stereocenters. The third-order valence-electron chi connectivity index (χ3n) is 2.05. The Balaban J connectivity index is 2.42. The highest BCUT2D eigenvalue weighted by atomic mass is 16.5. The number of benzene rings is 1. The summed E-state index contributed by atoms with van der Waals surface area (Å²) in [5.74, 6) is 0.449. The van der Waals surface area contributed by atoms with Gasteiger partial charge in [-0.1, -0.05) is 0 Å². The molecule has 1 aromatic heterocycles. The first kappa shape index (κ1) is 10.2. The summed E-state index contributed by atoms with van der Waals surface area (Å²) in [5.41, 5.74) is 0.687. The fourth-order valence-electron chi connectivity index (χ4n) is 1.29. The zero-order valence-corrected chi connectivity index (χ0v) is 8.58. The smallest absolute Gasteiger partial charge is 0.218 e. The standard InChI is InChI=1S/C11H10N2O3/c1-16-8-4-2-7(3-5-8)11-12-9(14)6-10(15)13-11/h2-6H,1H3,(H2,12,13,14,15). The Morgan fingerprint density at radius 2 is 1.56 bits per heavy atom. The van der Waals surface area contributed by atoms with Crippen molar-refractivity contribution in [1.82, 2.24) is 9.97 Å². The molecule has 1 aromatic carbocycles. The fraction of sp³-hybridized carbons (Fsp3) is 0.0909. The first-order valence-electron chi connectivity index (χ1n) is 4.60. The molecule has 0 saturated heterocycles. The van der Waals surface area contributed by atoms with Crippen LogP contribution in [-0.2, 0) is 0 Å². The van der Waals surface area contributed by atoms with Gasteiger partial charge in [0.1, 0.15) is 5.75 Å². The highest BCUT2D eigenvalue weighted by Crippen LogP contribution is 2.22. The predicted molar refractivity (Wildman–Crippen MR) is 57.3 cm³/mol. The largest absolute Gasteiger partial charge is 0.497 e. The average molecular weight is 218 g/mol. The molecule has 0 bridgehead atoms. The average Bonchev–Trinajstić information content (AvgIpc) is 2.28. The fourth-order valence-corrected chi connectivity index (χ4v) is 1.29. The topological polar surface area (TPSA) is 75.5 Å². The second-order valence-electron chi connectivity index (χ2n) is 3.14. The third-order valence-corrected chi connectivity index (χ3v) is 2.05. The molecule has 0 fully saturated rings. The highest BCUT2D eigenvalue weighted by Gasteiger charge is 2.05. The third kappa shape index (κ3) is 2.03. The number of rotatable bonds is 2. The monoisotopic (exact) mass is 218 g/mol. The second kappa shape index (κ2) is 4.06. The molecule has 0 amide bonds. The molecule has 0 atom stereocenters. The van der Waals surface area contributed by atoms with Crippen molar-refractivity contribution in [3.8, 4) is 28.9 Å². The van der Waals surface area contributed by atoms with Gasteiger partial charge in [-0.25, -0.2) is 0 Å². The van der Waals surface area contributed by atoms with Crippen molar-refractivity contribution in [2.45, 2.75) is 0 Å². The van der Waals surface area contributed by atoms with Gasteiger partial charge in [0.05, 0.1) is 13.2 Å². The van der Waals surface area contributed by atoms with E-state index in [0.717, 1.165) is 6.07 Å². The minimum Gasteiger partial charge on any atom is -0.497 e. The van der Waals surface area contributed by atoms with Gasteiger partial charge < -0.3 is 14.9 Å². The van der Waals surface area contributed by atoms with Gasteiger partial charge in [-0.2, -0.15) is 9.97 Å². The lowest BCUT2D eigenvalue weighted by Gasteiger charge is -2.03. The molecule has 16 heavy (non-hydrogen) atoms. The highest BCUT2D eigenvalue weighted by molar-refractivity contribution is 5.57. The Morgan fingerprint density at radius 1 is 1.00 bits per heavy atom. The lowest BCUT2D eigenvalue weighted by Crippen LogP contribution is -1.89. The quantitative estimate of drug-likeness (QED) is 0.800. The molecule has 82 valence electrons. The summed E-state index contributed by atoms with van der Waals surface area (Å²) in [7, 11) is 1.58. The number of hydrogen-bond acceptors (Lipinski definition) is 5. The molecular formula is C11H10N2O3. The molecule has 2 rings (SSSR count). The van der Waals surface area contributed by atoms with Crippen LogP contribution in [0.3, 0.4) is 0 Å². The van der Waals surface area contributed by atoms with E-state index in [-0.39, 0.29) is 17.6 Å². The molecule has 0 radical (unpaired) electrons. The molecular weight excluding hydrogens is 208 g/mol. The number of aromatic hydroxyl groups is 2. The zero-order chi connectivity index (χ0) is 11.5. The van der Waals surface area contributed by atoms with Gasteiger partial charge in [-0.3, -0.25) is 0 Å². The molecule has 1 heterocycles. The van der Waals surface area contributed by atoms with E-state index in [0.29, 0.717) is 11.3 Å². The second-order valence-corrected chi connectivity index (χ2v) is 3.14. The summed E-state index contributed by atoms with van der Waals surface area (Å²) in [4.78, 5) is 7.61. The van der Waals surface area contributed by atoms with E-state index >= 15 is 0 Å². The molecule has 0 aliphatic rings. The first-order valence-corrected chi connectivity index (χ1v) is 4.60. The van der Waals surface area contributed by atoms with E-state index in [4.69, 9.17) is 4.74 Å². The number of methoxy groups -OCH3 is 1. The lowest BCUT2D eigenvalue weighted by atomic mass is 10.2.